The second kappa shape index (κ2) is 5.07. The Kier molecular flexibility index (Phi) is 3.16. The Balaban J connectivity index is 1.28. The van der Waals surface area contributed by atoms with E-state index in [1.165, 1.54) is 38.5 Å². The number of rotatable bonds is 4. The molecule has 5 heteroatoms. The van der Waals surface area contributed by atoms with E-state index in [1.54, 1.807) is 6.08 Å². The summed E-state index contributed by atoms with van der Waals surface area (Å²) < 4.78 is 5.62. The van der Waals surface area contributed by atoms with Gasteiger partial charge in [0.05, 0.1) is 18.1 Å². The third kappa shape index (κ3) is 2.17. The molecule has 0 aromatic rings. The number of ether oxygens (including phenoxy) is 1. The van der Waals surface area contributed by atoms with Gasteiger partial charge in [-0.1, -0.05) is 12.2 Å². The first-order valence-corrected chi connectivity index (χ1v) is 9.37. The molecule has 6 rings (SSSR count). The van der Waals surface area contributed by atoms with Gasteiger partial charge >= 0.3 is 5.97 Å². The number of aliphatic carboxylic acids is 1. The number of amides is 1. The molecule has 5 fully saturated rings. The smallest absolute Gasteiger partial charge is 0.310 e. The Labute approximate surface area is 141 Å². The highest BCUT2D eigenvalue weighted by molar-refractivity contribution is 5.87. The second-order valence-electron chi connectivity index (χ2n) is 8.98. The van der Waals surface area contributed by atoms with Crippen LogP contribution in [0.3, 0.4) is 0 Å². The van der Waals surface area contributed by atoms with E-state index in [2.05, 4.69) is 5.32 Å². The highest BCUT2D eigenvalue weighted by atomic mass is 16.5. The first-order chi connectivity index (χ1) is 11.5. The molecule has 0 radical (unpaired) electrons. The molecule has 2 heterocycles. The predicted molar refractivity (Wildman–Crippen MR) is 86.0 cm³/mol. The summed E-state index contributed by atoms with van der Waals surface area (Å²) in [7, 11) is 0. The molecule has 6 aliphatic rings. The van der Waals surface area contributed by atoms with Crippen molar-refractivity contribution in [3.05, 3.63) is 12.2 Å². The lowest BCUT2D eigenvalue weighted by atomic mass is 9.49. The van der Waals surface area contributed by atoms with E-state index in [0.29, 0.717) is 0 Å². The Morgan fingerprint density at radius 2 is 1.54 bits per heavy atom. The average Bonchev–Trinajstić information content (AvgIpc) is 3.12. The van der Waals surface area contributed by atoms with E-state index in [9.17, 15) is 14.7 Å². The third-order valence-corrected chi connectivity index (χ3v) is 7.29. The Morgan fingerprint density at radius 1 is 1.00 bits per heavy atom. The van der Waals surface area contributed by atoms with Gasteiger partial charge in [-0.15, -0.1) is 0 Å². The van der Waals surface area contributed by atoms with Gasteiger partial charge in [-0.3, -0.25) is 9.59 Å². The number of carboxylic acid groups (broad SMARTS) is 1. The molecule has 4 saturated carbocycles. The maximum absolute atomic E-state index is 12.8. The van der Waals surface area contributed by atoms with Crippen LogP contribution in [0, 0.1) is 35.0 Å². The molecule has 2 aliphatic heterocycles. The molecule has 1 saturated heterocycles. The zero-order valence-corrected chi connectivity index (χ0v) is 13.8. The number of hydrogen-bond donors (Lipinski definition) is 2. The van der Waals surface area contributed by atoms with Crippen molar-refractivity contribution in [3.8, 4) is 0 Å². The van der Waals surface area contributed by atoms with E-state index in [0.717, 1.165) is 24.3 Å². The highest BCUT2D eigenvalue weighted by Crippen LogP contribution is 2.59. The molecular weight excluding hydrogens is 306 g/mol. The summed E-state index contributed by atoms with van der Waals surface area (Å²) in [4.78, 5) is 24.3. The summed E-state index contributed by atoms with van der Waals surface area (Å²) in [6.07, 6.45) is 10.7. The van der Waals surface area contributed by atoms with E-state index in [-0.39, 0.29) is 17.4 Å². The number of fused-ring (bicyclic) bond motifs is 2. The Bertz CT molecular complexity index is 577. The van der Waals surface area contributed by atoms with E-state index >= 15 is 0 Å². The zero-order valence-electron chi connectivity index (χ0n) is 13.8. The molecule has 0 spiro atoms. The van der Waals surface area contributed by atoms with Gasteiger partial charge < -0.3 is 15.2 Å². The van der Waals surface area contributed by atoms with Crippen LogP contribution in [-0.2, 0) is 14.3 Å². The van der Waals surface area contributed by atoms with Gasteiger partial charge in [0.1, 0.15) is 5.92 Å². The summed E-state index contributed by atoms with van der Waals surface area (Å²) in [5.41, 5.74) is 0.275. The van der Waals surface area contributed by atoms with E-state index < -0.39 is 23.9 Å². The van der Waals surface area contributed by atoms with Crippen molar-refractivity contribution >= 4 is 11.9 Å². The Hall–Kier alpha value is -1.36. The fraction of sp³-hybridized carbons (Fsp3) is 0.789. The summed E-state index contributed by atoms with van der Waals surface area (Å²) in [6.45, 7) is 0.722. The van der Waals surface area contributed by atoms with Crippen molar-refractivity contribution < 1.29 is 19.4 Å². The number of carbonyl (C=O) groups is 2. The summed E-state index contributed by atoms with van der Waals surface area (Å²) in [5, 5.41) is 12.6. The molecule has 4 atom stereocenters. The van der Waals surface area contributed by atoms with Crippen LogP contribution in [0.5, 0.6) is 0 Å². The predicted octanol–water partition coefficient (Wildman–Crippen LogP) is 1.97. The van der Waals surface area contributed by atoms with Crippen molar-refractivity contribution in [2.75, 3.05) is 6.54 Å². The van der Waals surface area contributed by atoms with Crippen LogP contribution in [0.15, 0.2) is 12.2 Å². The summed E-state index contributed by atoms with van der Waals surface area (Å²) >= 11 is 0. The number of hydrogen-bond acceptors (Lipinski definition) is 3. The monoisotopic (exact) mass is 331 g/mol. The molecule has 6 bridgehead atoms. The maximum Gasteiger partial charge on any atom is 0.310 e. The number of carboxylic acids is 1. The summed E-state index contributed by atoms with van der Waals surface area (Å²) in [6, 6.07) is 0. The fourth-order valence-electron chi connectivity index (χ4n) is 6.81. The molecule has 2 N–H and O–H groups in total. The standard InChI is InChI=1S/C19H25NO4/c21-17(15-13-1-2-14(24-13)16(15)18(22)23)20-9-19-6-10-3-11(7-19)5-12(4-10)8-19/h1-2,10-16H,3-9H2,(H,20,21)(H,22,23)/t10?,11?,12?,13-,14-,15+,16-,19?/m1/s1. The minimum Gasteiger partial charge on any atom is -0.481 e. The fourth-order valence-corrected chi connectivity index (χ4v) is 6.81. The lowest BCUT2D eigenvalue weighted by molar-refractivity contribution is -0.147. The van der Waals surface area contributed by atoms with Crippen molar-refractivity contribution in [2.24, 2.45) is 35.0 Å². The van der Waals surface area contributed by atoms with E-state index in [4.69, 9.17) is 4.74 Å². The molecule has 130 valence electrons. The first kappa shape index (κ1) is 14.9. The largest absolute Gasteiger partial charge is 0.481 e. The van der Waals surface area contributed by atoms with Crippen LogP contribution in [0.4, 0.5) is 0 Å². The molecular formula is C19H25NO4. The van der Waals surface area contributed by atoms with Crippen molar-refractivity contribution in [2.45, 2.75) is 50.7 Å². The van der Waals surface area contributed by atoms with Crippen LogP contribution >= 0.6 is 0 Å². The van der Waals surface area contributed by atoms with Crippen LogP contribution in [0.1, 0.15) is 38.5 Å². The minimum absolute atomic E-state index is 0.130. The summed E-state index contributed by atoms with van der Waals surface area (Å²) in [5.74, 6) is 0.190. The molecule has 0 unspecified atom stereocenters. The normalized spacial score (nSPS) is 50.4. The van der Waals surface area contributed by atoms with Gasteiger partial charge in [0, 0.05) is 6.54 Å². The van der Waals surface area contributed by atoms with Crippen molar-refractivity contribution in [3.63, 3.8) is 0 Å². The highest BCUT2D eigenvalue weighted by Gasteiger charge is 2.54. The van der Waals surface area contributed by atoms with Crippen LogP contribution in [0.25, 0.3) is 0 Å². The third-order valence-electron chi connectivity index (χ3n) is 7.29. The van der Waals surface area contributed by atoms with Gasteiger partial charge in [-0.05, 0) is 61.7 Å². The lowest BCUT2D eigenvalue weighted by Crippen LogP contribution is -2.52. The number of nitrogens with one attached hydrogen (secondary N) is 1. The van der Waals surface area contributed by atoms with Gasteiger partial charge in [-0.25, -0.2) is 0 Å². The average molecular weight is 331 g/mol. The zero-order chi connectivity index (χ0) is 16.5. The molecule has 5 nitrogen and oxygen atoms in total. The molecule has 0 aromatic heterocycles. The minimum atomic E-state index is -0.929. The maximum atomic E-state index is 12.8. The van der Waals surface area contributed by atoms with Gasteiger partial charge in [0.25, 0.3) is 0 Å². The quantitative estimate of drug-likeness (QED) is 0.772. The van der Waals surface area contributed by atoms with Crippen LogP contribution < -0.4 is 5.32 Å². The molecule has 24 heavy (non-hydrogen) atoms. The SMILES string of the molecule is O=C(NCC12CC3CC(CC(C3)C1)C2)[C@@H]1[C@H](C(=O)O)[C@H]2C=C[C@H]1O2. The lowest BCUT2D eigenvalue weighted by Gasteiger charge is -2.57. The van der Waals surface area contributed by atoms with Gasteiger partial charge in [0.15, 0.2) is 0 Å². The molecule has 4 aliphatic carbocycles. The second-order valence-corrected chi connectivity index (χ2v) is 8.98. The van der Waals surface area contributed by atoms with Crippen molar-refractivity contribution in [1.29, 1.82) is 0 Å². The Morgan fingerprint density at radius 3 is 2.08 bits per heavy atom. The van der Waals surface area contributed by atoms with Crippen LogP contribution in [-0.4, -0.2) is 35.7 Å². The molecule has 1 amide bonds. The van der Waals surface area contributed by atoms with Crippen molar-refractivity contribution in [1.82, 2.24) is 5.32 Å². The first-order valence-electron chi connectivity index (χ1n) is 9.37. The number of carbonyl (C=O) groups excluding carboxylic acids is 1. The molecule has 0 aromatic carbocycles. The van der Waals surface area contributed by atoms with Crippen LogP contribution in [0.2, 0.25) is 0 Å². The topological polar surface area (TPSA) is 75.6 Å². The van der Waals surface area contributed by atoms with E-state index in [1.807, 2.05) is 6.08 Å². The van der Waals surface area contributed by atoms with Gasteiger partial charge in [0.2, 0.25) is 5.91 Å². The van der Waals surface area contributed by atoms with Gasteiger partial charge in [-0.2, -0.15) is 0 Å².